The van der Waals surface area contributed by atoms with E-state index in [2.05, 4.69) is 42.2 Å². The Kier molecular flexibility index (Phi) is 14.5. The standard InChI is InChI=1S/C37H50N10O11S/c1-4-16(2)28-32(55)40-14-27(52)45-36-34(57)42-22(12-25(38)50)37(58)47-10-9-23(47)31(54)46-29(17(3)24(49)15-48)33(56)41-21(30(53)39-13-26(51)44-28)11-19-18-7-5-6-8-20(18)43-35(19)59-36/h5-8,16-17,21-24,28-29,36,43,48-49H,4,9-15H2,1-3H3,(H2,38,50)(H,39,53)(H,40,55)(H,41,56)(H,42,57)(H,44,51)(H,45,52)(H,46,54)/t16-,17-,21-,22-,23-,24-,28-,29-,36-/m0/s1. The predicted molar refractivity (Wildman–Crippen MR) is 209 cm³/mol. The van der Waals surface area contributed by atoms with Gasteiger partial charge in [-0.05, 0) is 24.0 Å². The fourth-order valence-corrected chi connectivity index (χ4v) is 8.06. The third-order valence-corrected chi connectivity index (χ3v) is 11.9. The van der Waals surface area contributed by atoms with Gasteiger partial charge in [0.15, 0.2) is 5.37 Å². The second-order valence-corrected chi connectivity index (χ2v) is 16.0. The average Bonchev–Trinajstić information content (AvgIpc) is 3.53. The molecule has 1 aromatic heterocycles. The molecule has 3 aliphatic rings. The number of H-pyrrole nitrogens is 1. The van der Waals surface area contributed by atoms with Gasteiger partial charge in [-0.25, -0.2) is 0 Å². The van der Waals surface area contributed by atoms with Crippen molar-refractivity contribution in [1.29, 1.82) is 0 Å². The Morgan fingerprint density at radius 2 is 1.54 bits per heavy atom. The van der Waals surface area contributed by atoms with E-state index in [1.807, 2.05) is 0 Å². The highest BCUT2D eigenvalue weighted by Gasteiger charge is 2.44. The van der Waals surface area contributed by atoms with Crippen LogP contribution >= 0.6 is 11.8 Å². The first-order chi connectivity index (χ1) is 28.0. The van der Waals surface area contributed by atoms with Crippen LogP contribution in [0.5, 0.6) is 0 Å². The molecule has 5 rings (SSSR count). The maximum absolute atomic E-state index is 14.3. The summed E-state index contributed by atoms with van der Waals surface area (Å²) < 4.78 is 0. The summed E-state index contributed by atoms with van der Waals surface area (Å²) in [6, 6.07) is -0.253. The molecule has 1 fully saturated rings. The number of hydrogen-bond donors (Lipinski definition) is 11. The maximum Gasteiger partial charge on any atom is 0.254 e. The first-order valence-corrected chi connectivity index (χ1v) is 20.1. The number of benzene rings is 1. The molecule has 0 spiro atoms. The lowest BCUT2D eigenvalue weighted by Crippen LogP contribution is -2.66. The van der Waals surface area contributed by atoms with Crippen LogP contribution in [0.1, 0.15) is 45.6 Å². The summed E-state index contributed by atoms with van der Waals surface area (Å²) in [7, 11) is 0. The molecular weight excluding hydrogens is 793 g/mol. The number of carbonyl (C=O) groups excluding carboxylic acids is 9. The van der Waals surface area contributed by atoms with Crippen molar-refractivity contribution in [2.24, 2.45) is 17.6 Å². The van der Waals surface area contributed by atoms with Crippen molar-refractivity contribution < 1.29 is 53.4 Å². The molecule has 3 aliphatic heterocycles. The Balaban J connectivity index is 1.68. The number of amides is 9. The molecule has 22 heteroatoms. The number of carbonyl (C=O) groups is 9. The number of rotatable bonds is 7. The van der Waals surface area contributed by atoms with Crippen molar-refractivity contribution in [3.05, 3.63) is 29.8 Å². The summed E-state index contributed by atoms with van der Waals surface area (Å²) >= 11 is 0.766. The van der Waals surface area contributed by atoms with Crippen LogP contribution in [-0.4, -0.2) is 141 Å². The van der Waals surface area contributed by atoms with Crippen LogP contribution in [0.2, 0.25) is 0 Å². The lowest BCUT2D eigenvalue weighted by Gasteiger charge is -2.42. The molecular formula is C37H50N10O11S. The first kappa shape index (κ1) is 44.4. The van der Waals surface area contributed by atoms with Crippen molar-refractivity contribution in [2.45, 2.75) is 93.2 Å². The summed E-state index contributed by atoms with van der Waals surface area (Å²) in [6.45, 7) is 2.78. The number of para-hydroxylation sites is 1. The van der Waals surface area contributed by atoms with Gasteiger partial charge in [0, 0.05) is 29.8 Å². The molecule has 0 saturated carbocycles. The summed E-state index contributed by atoms with van der Waals surface area (Å²) in [4.78, 5) is 127. The zero-order valence-corrected chi connectivity index (χ0v) is 33.5. The van der Waals surface area contributed by atoms with Crippen molar-refractivity contribution in [3.63, 3.8) is 0 Å². The van der Waals surface area contributed by atoms with Gasteiger partial charge in [0.05, 0.1) is 37.2 Å². The maximum atomic E-state index is 14.3. The van der Waals surface area contributed by atoms with Gasteiger partial charge < -0.3 is 63.0 Å². The zero-order valence-electron chi connectivity index (χ0n) is 32.7. The minimum atomic E-state index is -1.61. The molecule has 0 radical (unpaired) electrons. The summed E-state index contributed by atoms with van der Waals surface area (Å²) in [5.74, 6) is -9.43. The van der Waals surface area contributed by atoms with Gasteiger partial charge in [-0.1, -0.05) is 57.2 Å². The lowest BCUT2D eigenvalue weighted by molar-refractivity contribution is -0.151. The van der Waals surface area contributed by atoms with Gasteiger partial charge in [0.1, 0.15) is 30.2 Å². The molecule has 4 heterocycles. The van der Waals surface area contributed by atoms with Gasteiger partial charge in [-0.3, -0.25) is 43.2 Å². The van der Waals surface area contributed by atoms with E-state index in [4.69, 9.17) is 5.73 Å². The second-order valence-electron chi connectivity index (χ2n) is 14.8. The number of aliphatic hydroxyl groups is 2. The normalized spacial score (nSPS) is 27.0. The number of nitrogens with one attached hydrogen (secondary N) is 8. The van der Waals surface area contributed by atoms with Crippen LogP contribution in [0, 0.1) is 11.8 Å². The van der Waals surface area contributed by atoms with Crippen molar-refractivity contribution in [1.82, 2.24) is 47.1 Å². The number of thioether (sulfide) groups is 1. The molecule has 1 saturated heterocycles. The quantitative estimate of drug-likeness (QED) is 0.127. The van der Waals surface area contributed by atoms with Gasteiger partial charge in [0.25, 0.3) is 5.91 Å². The molecule has 0 aliphatic carbocycles. The molecule has 59 heavy (non-hydrogen) atoms. The largest absolute Gasteiger partial charge is 0.394 e. The highest BCUT2D eigenvalue weighted by atomic mass is 32.2. The molecule has 9 amide bonds. The molecule has 1 aromatic carbocycles. The van der Waals surface area contributed by atoms with Crippen LogP contribution in [0.4, 0.5) is 0 Å². The van der Waals surface area contributed by atoms with Crippen LogP contribution in [0.15, 0.2) is 29.3 Å². The molecule has 12 N–H and O–H groups in total. The minimum absolute atomic E-state index is 0.00817. The highest BCUT2D eigenvalue weighted by Crippen LogP contribution is 2.33. The summed E-state index contributed by atoms with van der Waals surface area (Å²) in [5.41, 5.74) is 6.37. The smallest absolute Gasteiger partial charge is 0.254 e. The van der Waals surface area contributed by atoms with Gasteiger partial charge in [0.2, 0.25) is 47.3 Å². The Bertz CT molecular complexity index is 1990. The number of fused-ring (bicyclic) bond motifs is 4. The third-order valence-electron chi connectivity index (χ3n) is 10.8. The number of aromatic nitrogens is 1. The van der Waals surface area contributed by atoms with Gasteiger partial charge in [-0.2, -0.15) is 0 Å². The van der Waals surface area contributed by atoms with E-state index >= 15 is 0 Å². The van der Waals surface area contributed by atoms with E-state index in [1.54, 1.807) is 38.1 Å². The summed E-state index contributed by atoms with van der Waals surface area (Å²) in [5, 5.41) is 37.4. The highest BCUT2D eigenvalue weighted by molar-refractivity contribution is 8.00. The predicted octanol–water partition coefficient (Wildman–Crippen LogP) is -4.04. The van der Waals surface area contributed by atoms with Crippen molar-refractivity contribution in [3.8, 4) is 0 Å². The Hall–Kier alpha value is -5.74. The van der Waals surface area contributed by atoms with Gasteiger partial charge >= 0.3 is 0 Å². The van der Waals surface area contributed by atoms with Crippen LogP contribution in [0.25, 0.3) is 10.9 Å². The van der Waals surface area contributed by atoms with E-state index in [0.29, 0.717) is 22.9 Å². The molecule has 320 valence electrons. The van der Waals surface area contributed by atoms with E-state index < -0.39 is 133 Å². The Labute approximate surface area is 342 Å². The minimum Gasteiger partial charge on any atom is -0.394 e. The van der Waals surface area contributed by atoms with E-state index in [1.165, 1.54) is 6.92 Å². The summed E-state index contributed by atoms with van der Waals surface area (Å²) in [6.07, 6.45) is -2.00. The fourth-order valence-electron chi connectivity index (χ4n) is 6.96. The van der Waals surface area contributed by atoms with E-state index in [0.717, 1.165) is 16.7 Å². The molecule has 2 bridgehead atoms. The van der Waals surface area contributed by atoms with Gasteiger partial charge in [-0.15, -0.1) is 0 Å². The third kappa shape index (κ3) is 10.5. The fraction of sp³-hybridized carbons (Fsp3) is 0.541. The average molecular weight is 843 g/mol. The van der Waals surface area contributed by atoms with Crippen LogP contribution < -0.4 is 43.0 Å². The molecule has 0 unspecified atom stereocenters. The number of aliphatic hydroxyl groups excluding tert-OH is 2. The zero-order chi connectivity index (χ0) is 43.1. The lowest BCUT2D eigenvalue weighted by atomic mass is 9.92. The van der Waals surface area contributed by atoms with Crippen molar-refractivity contribution >= 4 is 75.8 Å². The number of primary amides is 1. The monoisotopic (exact) mass is 842 g/mol. The van der Waals surface area contributed by atoms with Crippen molar-refractivity contribution in [2.75, 3.05) is 26.2 Å². The number of aromatic amines is 1. The SMILES string of the molecule is CC[C@H](C)[C@@H]1NC(=O)CNC(=O)[C@@H]2Cc3c([nH]c4ccccc34)S[C@H](NC(=O)CNC1=O)C(=O)N[C@@H](CC(N)=O)C(=O)N1CC[C@H]1C(=O)N[C@@H]([C@@H](C)[C@@H](O)CO)C(=O)N2. The Morgan fingerprint density at radius 1 is 0.864 bits per heavy atom. The van der Waals surface area contributed by atoms with Crippen LogP contribution in [-0.2, 0) is 49.6 Å². The molecule has 9 atom stereocenters. The number of nitrogens with zero attached hydrogens (tertiary/aromatic N) is 1. The van der Waals surface area contributed by atoms with E-state index in [9.17, 15) is 53.4 Å². The second kappa shape index (κ2) is 19.3. The molecule has 21 nitrogen and oxygen atoms in total. The first-order valence-electron chi connectivity index (χ1n) is 19.2. The Morgan fingerprint density at radius 3 is 2.19 bits per heavy atom. The van der Waals surface area contributed by atoms with Crippen LogP contribution in [0.3, 0.4) is 0 Å². The number of nitrogens with two attached hydrogens (primary N) is 1. The molecule has 2 aromatic rings. The topological polar surface area (TPSA) is 323 Å². The number of hydrogen-bond acceptors (Lipinski definition) is 12. The van der Waals surface area contributed by atoms with E-state index in [-0.39, 0.29) is 24.4 Å².